The lowest BCUT2D eigenvalue weighted by atomic mass is 9.94. The molecule has 3 unspecified atom stereocenters. The third-order valence-corrected chi connectivity index (χ3v) is 5.29. The van der Waals surface area contributed by atoms with Gasteiger partial charge in [0.1, 0.15) is 0 Å². The topological polar surface area (TPSA) is 69.1 Å². The summed E-state index contributed by atoms with van der Waals surface area (Å²) < 4.78 is 0. The Balaban J connectivity index is 1.93. The van der Waals surface area contributed by atoms with E-state index in [1.54, 1.807) is 11.8 Å². The number of rotatable bonds is 4. The van der Waals surface area contributed by atoms with Crippen molar-refractivity contribution in [1.29, 1.82) is 0 Å². The summed E-state index contributed by atoms with van der Waals surface area (Å²) in [7, 11) is 0. The third kappa shape index (κ3) is 4.80. The average molecular weight is 302 g/mol. The van der Waals surface area contributed by atoms with Crippen LogP contribution < -0.4 is 11.5 Å². The lowest BCUT2D eigenvalue weighted by molar-refractivity contribution is -0.122. The van der Waals surface area contributed by atoms with Crippen LogP contribution in [0.4, 0.5) is 0 Å². The number of carbonyl (C=O) groups is 1. The highest BCUT2D eigenvalue weighted by Crippen LogP contribution is 2.31. The molecule has 3 atom stereocenters. The Morgan fingerprint density at radius 3 is 2.62 bits per heavy atom. The monoisotopic (exact) mass is 302 g/mol. The number of primary amides is 1. The molecule has 1 aliphatic rings. The number of nitrogens with two attached hydrogens (primary N) is 2. The first-order valence-electron chi connectivity index (χ1n) is 7.33. The Morgan fingerprint density at radius 2 is 2.00 bits per heavy atom. The van der Waals surface area contributed by atoms with E-state index >= 15 is 0 Å². The summed E-state index contributed by atoms with van der Waals surface area (Å²) >= 11 is 1.79. The predicted molar refractivity (Wildman–Crippen MR) is 87.7 cm³/mol. The zero-order valence-electron chi connectivity index (χ0n) is 12.1. The van der Waals surface area contributed by atoms with Crippen LogP contribution in [-0.2, 0) is 4.79 Å². The summed E-state index contributed by atoms with van der Waals surface area (Å²) in [4.78, 5) is 12.7. The lowest BCUT2D eigenvalue weighted by Crippen LogP contribution is -2.24. The second kappa shape index (κ2) is 7.53. The van der Waals surface area contributed by atoms with Gasteiger partial charge in [-0.05, 0) is 55.9 Å². The molecule has 3 nitrogen and oxygen atoms in total. The van der Waals surface area contributed by atoms with Crippen LogP contribution in [0.1, 0.15) is 31.2 Å². The van der Waals surface area contributed by atoms with Crippen LogP contribution in [0.2, 0.25) is 0 Å². The van der Waals surface area contributed by atoms with Gasteiger partial charge in [-0.25, -0.2) is 0 Å². The fourth-order valence-electron chi connectivity index (χ4n) is 2.83. The van der Waals surface area contributed by atoms with E-state index in [1.807, 2.05) is 24.3 Å². The Kier molecular flexibility index (Phi) is 5.72. The van der Waals surface area contributed by atoms with E-state index < -0.39 is 0 Å². The minimum atomic E-state index is -0.183. The Hall–Kier alpha value is -1.44. The third-order valence-electron chi connectivity index (χ3n) is 4.05. The largest absolute Gasteiger partial charge is 0.369 e. The van der Waals surface area contributed by atoms with Crippen LogP contribution in [0.25, 0.3) is 0 Å². The van der Waals surface area contributed by atoms with Gasteiger partial charge >= 0.3 is 0 Å². The molecule has 0 radical (unpaired) electrons. The van der Waals surface area contributed by atoms with Gasteiger partial charge < -0.3 is 11.5 Å². The highest BCUT2D eigenvalue weighted by molar-refractivity contribution is 7.99. The van der Waals surface area contributed by atoms with Crippen molar-refractivity contribution in [2.45, 2.75) is 36.6 Å². The van der Waals surface area contributed by atoms with Gasteiger partial charge in [0.15, 0.2) is 0 Å². The molecular formula is C17H22N2OS. The molecule has 0 bridgehead atoms. The number of terminal acetylenes is 1. The number of benzene rings is 1. The molecule has 1 aromatic rings. The van der Waals surface area contributed by atoms with Crippen molar-refractivity contribution >= 4 is 17.7 Å². The maximum absolute atomic E-state index is 11.5. The van der Waals surface area contributed by atoms with Crippen molar-refractivity contribution in [3.8, 4) is 12.3 Å². The normalized spacial score (nSPS) is 25.8. The van der Waals surface area contributed by atoms with Gasteiger partial charge in [0.25, 0.3) is 0 Å². The van der Waals surface area contributed by atoms with Gasteiger partial charge in [-0.1, -0.05) is 5.92 Å². The second-order valence-corrected chi connectivity index (χ2v) is 6.85. The molecule has 1 aromatic carbocycles. The maximum Gasteiger partial charge on any atom is 0.220 e. The average Bonchev–Trinajstić information content (AvgIpc) is 2.67. The van der Waals surface area contributed by atoms with Crippen molar-refractivity contribution in [3.63, 3.8) is 0 Å². The van der Waals surface area contributed by atoms with Crippen LogP contribution in [-0.4, -0.2) is 17.7 Å². The highest BCUT2D eigenvalue weighted by Gasteiger charge is 2.27. The van der Waals surface area contributed by atoms with Gasteiger partial charge in [0.05, 0.1) is 0 Å². The zero-order chi connectivity index (χ0) is 15.2. The molecule has 1 aliphatic carbocycles. The summed E-state index contributed by atoms with van der Waals surface area (Å²) in [5, 5.41) is 0. The quantitative estimate of drug-likeness (QED) is 0.510. The van der Waals surface area contributed by atoms with Gasteiger partial charge in [-0.15, -0.1) is 18.2 Å². The van der Waals surface area contributed by atoms with Gasteiger partial charge in [0.2, 0.25) is 5.91 Å². The minimum Gasteiger partial charge on any atom is -0.369 e. The Bertz CT molecular complexity index is 521. The number of thioether (sulfide) groups is 1. The first kappa shape index (κ1) is 15.9. The van der Waals surface area contributed by atoms with Gasteiger partial charge in [-0.2, -0.15) is 0 Å². The summed E-state index contributed by atoms with van der Waals surface area (Å²) in [6, 6.07) is 8.17. The zero-order valence-corrected chi connectivity index (χ0v) is 12.9. The summed E-state index contributed by atoms with van der Waals surface area (Å²) in [5.41, 5.74) is 12.5. The minimum absolute atomic E-state index is 0.0204. The van der Waals surface area contributed by atoms with Crippen molar-refractivity contribution in [2.75, 3.05) is 5.75 Å². The molecule has 4 N–H and O–H groups in total. The van der Waals surface area contributed by atoms with Crippen molar-refractivity contribution in [1.82, 2.24) is 0 Å². The SMILES string of the molecule is C#Cc1ccc(SCC2CC(N)CCC(C(N)=O)C2)cc1. The molecule has 0 saturated heterocycles. The first-order chi connectivity index (χ1) is 10.1. The van der Waals surface area contributed by atoms with Crippen LogP contribution in [0, 0.1) is 24.2 Å². The molecule has 0 aromatic heterocycles. The van der Waals surface area contributed by atoms with Gasteiger partial charge in [-0.3, -0.25) is 4.79 Å². The predicted octanol–water partition coefficient (Wildman–Crippen LogP) is 2.38. The molecule has 1 saturated carbocycles. The Morgan fingerprint density at radius 1 is 1.29 bits per heavy atom. The van der Waals surface area contributed by atoms with E-state index in [-0.39, 0.29) is 17.9 Å². The van der Waals surface area contributed by atoms with Crippen LogP contribution in [0.15, 0.2) is 29.2 Å². The standard InChI is InChI=1S/C17H22N2OS/c1-2-12-3-7-16(8-4-12)21-11-13-9-14(17(19)20)5-6-15(18)10-13/h1,3-4,7-8,13-15H,5-6,9-11,18H2,(H2,19,20). The molecule has 0 spiro atoms. The fraction of sp³-hybridized carbons (Fsp3) is 0.471. The number of hydrogen-bond acceptors (Lipinski definition) is 3. The molecule has 21 heavy (non-hydrogen) atoms. The smallest absolute Gasteiger partial charge is 0.220 e. The summed E-state index contributed by atoms with van der Waals surface area (Å²) in [5.74, 6) is 3.82. The van der Waals surface area contributed by atoms with E-state index in [1.165, 1.54) is 4.90 Å². The maximum atomic E-state index is 11.5. The van der Waals surface area contributed by atoms with E-state index in [2.05, 4.69) is 5.92 Å². The van der Waals surface area contributed by atoms with E-state index in [0.29, 0.717) is 5.92 Å². The van der Waals surface area contributed by atoms with Gasteiger partial charge in [0, 0.05) is 28.2 Å². The molecule has 1 fully saturated rings. The van der Waals surface area contributed by atoms with Crippen LogP contribution in [0.5, 0.6) is 0 Å². The number of carbonyl (C=O) groups excluding carboxylic acids is 1. The summed E-state index contributed by atoms with van der Waals surface area (Å²) in [6.07, 6.45) is 8.91. The molecule has 2 rings (SSSR count). The molecule has 0 heterocycles. The Labute approximate surface area is 130 Å². The molecule has 112 valence electrons. The fourth-order valence-corrected chi connectivity index (χ4v) is 3.86. The lowest BCUT2D eigenvalue weighted by Gasteiger charge is -2.18. The second-order valence-electron chi connectivity index (χ2n) is 5.75. The van der Waals surface area contributed by atoms with E-state index in [4.69, 9.17) is 17.9 Å². The van der Waals surface area contributed by atoms with Crippen molar-refractivity contribution in [2.24, 2.45) is 23.3 Å². The molecule has 0 aliphatic heterocycles. The first-order valence-corrected chi connectivity index (χ1v) is 8.31. The molecular weight excluding hydrogens is 280 g/mol. The molecule has 4 heteroatoms. The van der Waals surface area contributed by atoms with Crippen LogP contribution >= 0.6 is 11.8 Å². The van der Waals surface area contributed by atoms with Crippen LogP contribution in [0.3, 0.4) is 0 Å². The number of amides is 1. The van der Waals surface area contributed by atoms with E-state index in [0.717, 1.165) is 37.0 Å². The summed E-state index contributed by atoms with van der Waals surface area (Å²) in [6.45, 7) is 0. The van der Waals surface area contributed by atoms with Crippen molar-refractivity contribution < 1.29 is 4.79 Å². The van der Waals surface area contributed by atoms with E-state index in [9.17, 15) is 4.79 Å². The molecule has 1 amide bonds. The van der Waals surface area contributed by atoms with Crippen molar-refractivity contribution in [3.05, 3.63) is 29.8 Å². The number of hydrogen-bond donors (Lipinski definition) is 2. The highest BCUT2D eigenvalue weighted by atomic mass is 32.2.